The van der Waals surface area contributed by atoms with Gasteiger partial charge in [0.15, 0.2) is 5.69 Å². The highest BCUT2D eigenvalue weighted by Crippen LogP contribution is 1.99. The van der Waals surface area contributed by atoms with Gasteiger partial charge in [0.25, 0.3) is 0 Å². The molecule has 11 heavy (non-hydrogen) atoms. The number of hydrogen-bond acceptors (Lipinski definition) is 4. The lowest BCUT2D eigenvalue weighted by Gasteiger charge is -1.90. The number of carboxylic acid groups (broad SMARTS) is 1. The molecule has 1 heterocycles. The van der Waals surface area contributed by atoms with Crippen LogP contribution in [0.5, 0.6) is 0 Å². The average Bonchev–Trinajstić information content (AvgIpc) is 2.36. The maximum absolute atomic E-state index is 10.4. The topological polar surface area (TPSA) is 105 Å². The fourth-order valence-electron chi connectivity index (χ4n) is 0.735. The zero-order chi connectivity index (χ0) is 8.27. The first-order valence-corrected chi connectivity index (χ1v) is 3.08. The van der Waals surface area contributed by atoms with Gasteiger partial charge in [0, 0.05) is 6.42 Å². The first-order chi connectivity index (χ1) is 5.25. The number of hydrogen-bond donors (Lipinski definition) is 3. The highest BCUT2D eigenvalue weighted by Gasteiger charge is 2.13. The van der Waals surface area contributed by atoms with Crippen LogP contribution in [-0.2, 0) is 6.42 Å². The maximum Gasteiger partial charge on any atom is 0.358 e. The lowest BCUT2D eigenvalue weighted by Crippen LogP contribution is -2.08. The molecular weight excluding hydrogens is 148 g/mol. The quantitative estimate of drug-likeness (QED) is 0.520. The molecule has 0 aliphatic rings. The molecule has 0 saturated heterocycles. The highest BCUT2D eigenvalue weighted by atomic mass is 16.4. The van der Waals surface area contributed by atoms with Gasteiger partial charge in [-0.3, -0.25) is 0 Å². The van der Waals surface area contributed by atoms with Crippen molar-refractivity contribution in [1.29, 1.82) is 0 Å². The van der Waals surface area contributed by atoms with Gasteiger partial charge in [0.05, 0.1) is 5.69 Å². The zero-order valence-electron chi connectivity index (χ0n) is 5.74. The third-order valence-corrected chi connectivity index (χ3v) is 1.20. The van der Waals surface area contributed by atoms with E-state index >= 15 is 0 Å². The van der Waals surface area contributed by atoms with Crippen LogP contribution in [0.3, 0.4) is 0 Å². The SMILES string of the molecule is NCCc1n[nH]nc1C(=O)O. The summed E-state index contributed by atoms with van der Waals surface area (Å²) in [5.74, 6) is -1.08. The summed E-state index contributed by atoms with van der Waals surface area (Å²) in [6.07, 6.45) is 0.429. The molecule has 0 amide bonds. The minimum Gasteiger partial charge on any atom is -0.476 e. The van der Waals surface area contributed by atoms with Crippen molar-refractivity contribution in [3.05, 3.63) is 11.4 Å². The van der Waals surface area contributed by atoms with E-state index in [1.807, 2.05) is 0 Å². The number of aromatic carboxylic acids is 1. The van der Waals surface area contributed by atoms with Crippen LogP contribution in [-0.4, -0.2) is 33.0 Å². The van der Waals surface area contributed by atoms with Crippen LogP contribution >= 0.6 is 0 Å². The third kappa shape index (κ3) is 1.53. The Balaban J connectivity index is 2.87. The summed E-state index contributed by atoms with van der Waals surface area (Å²) in [5, 5.41) is 17.8. The van der Waals surface area contributed by atoms with Gasteiger partial charge < -0.3 is 10.8 Å². The summed E-state index contributed by atoms with van der Waals surface area (Å²) in [6, 6.07) is 0. The summed E-state index contributed by atoms with van der Waals surface area (Å²) < 4.78 is 0. The minimum atomic E-state index is -1.08. The summed E-state index contributed by atoms with van der Waals surface area (Å²) in [6.45, 7) is 0.368. The van der Waals surface area contributed by atoms with Gasteiger partial charge in [0.1, 0.15) is 0 Å². The molecule has 1 aromatic rings. The van der Waals surface area contributed by atoms with Gasteiger partial charge in [-0.1, -0.05) is 0 Å². The Kier molecular flexibility index (Phi) is 2.17. The molecular formula is C5H8N4O2. The van der Waals surface area contributed by atoms with Crippen LogP contribution in [0.1, 0.15) is 16.2 Å². The van der Waals surface area contributed by atoms with E-state index in [2.05, 4.69) is 15.4 Å². The predicted octanol–water partition coefficient (Wildman–Crippen LogP) is -0.996. The highest BCUT2D eigenvalue weighted by molar-refractivity contribution is 5.86. The molecule has 0 aromatic carbocycles. The smallest absolute Gasteiger partial charge is 0.358 e. The Bertz CT molecular complexity index is 257. The van der Waals surface area contributed by atoms with E-state index < -0.39 is 5.97 Å². The molecule has 0 unspecified atom stereocenters. The monoisotopic (exact) mass is 156 g/mol. The number of aromatic amines is 1. The fraction of sp³-hybridized carbons (Fsp3) is 0.400. The normalized spacial score (nSPS) is 9.91. The fourth-order valence-corrected chi connectivity index (χ4v) is 0.735. The van der Waals surface area contributed by atoms with Crippen LogP contribution in [0, 0.1) is 0 Å². The van der Waals surface area contributed by atoms with E-state index in [4.69, 9.17) is 10.8 Å². The standard InChI is InChI=1S/C5H8N4O2/c6-2-1-3-4(5(10)11)8-9-7-3/h1-2,6H2,(H,10,11)(H,7,8,9). The van der Waals surface area contributed by atoms with E-state index in [0.717, 1.165) is 0 Å². The number of aromatic nitrogens is 3. The molecule has 0 spiro atoms. The van der Waals surface area contributed by atoms with Crippen LogP contribution < -0.4 is 5.73 Å². The molecule has 0 saturated carbocycles. The van der Waals surface area contributed by atoms with Gasteiger partial charge in [-0.25, -0.2) is 4.79 Å². The van der Waals surface area contributed by atoms with Gasteiger partial charge in [-0.2, -0.15) is 10.3 Å². The van der Waals surface area contributed by atoms with Crippen LogP contribution in [0.2, 0.25) is 0 Å². The van der Waals surface area contributed by atoms with Crippen molar-refractivity contribution in [3.63, 3.8) is 0 Å². The average molecular weight is 156 g/mol. The van der Waals surface area contributed by atoms with Gasteiger partial charge in [-0.15, -0.1) is 5.10 Å². The van der Waals surface area contributed by atoms with E-state index in [1.54, 1.807) is 0 Å². The molecule has 6 heteroatoms. The molecule has 0 bridgehead atoms. The minimum absolute atomic E-state index is 0.0459. The summed E-state index contributed by atoms with van der Waals surface area (Å²) in [7, 11) is 0. The molecule has 60 valence electrons. The van der Waals surface area contributed by atoms with Crippen LogP contribution in [0.25, 0.3) is 0 Å². The maximum atomic E-state index is 10.4. The number of carbonyl (C=O) groups is 1. The molecule has 4 N–H and O–H groups in total. The number of nitrogens with one attached hydrogen (secondary N) is 1. The summed E-state index contributed by atoms with van der Waals surface area (Å²) >= 11 is 0. The second-order valence-corrected chi connectivity index (χ2v) is 1.96. The first-order valence-electron chi connectivity index (χ1n) is 3.08. The number of carboxylic acids is 1. The van der Waals surface area contributed by atoms with E-state index in [9.17, 15) is 4.79 Å². The lowest BCUT2D eigenvalue weighted by atomic mass is 10.2. The second-order valence-electron chi connectivity index (χ2n) is 1.96. The van der Waals surface area contributed by atoms with Crippen molar-refractivity contribution in [2.24, 2.45) is 5.73 Å². The van der Waals surface area contributed by atoms with E-state index in [-0.39, 0.29) is 5.69 Å². The molecule has 1 rings (SSSR count). The Morgan fingerprint density at radius 3 is 2.91 bits per heavy atom. The Hall–Kier alpha value is -1.43. The molecule has 0 fully saturated rings. The van der Waals surface area contributed by atoms with Crippen molar-refractivity contribution < 1.29 is 9.90 Å². The second kappa shape index (κ2) is 3.11. The third-order valence-electron chi connectivity index (χ3n) is 1.20. The Labute approximate surface area is 62.4 Å². The van der Waals surface area contributed by atoms with Crippen molar-refractivity contribution >= 4 is 5.97 Å². The molecule has 1 aromatic heterocycles. The van der Waals surface area contributed by atoms with E-state index in [0.29, 0.717) is 18.7 Å². The predicted molar refractivity (Wildman–Crippen MR) is 36.1 cm³/mol. The van der Waals surface area contributed by atoms with Gasteiger partial charge in [0.2, 0.25) is 0 Å². The number of nitrogens with two attached hydrogens (primary N) is 1. The van der Waals surface area contributed by atoms with Gasteiger partial charge >= 0.3 is 5.97 Å². The van der Waals surface area contributed by atoms with Crippen molar-refractivity contribution in [2.45, 2.75) is 6.42 Å². The molecule has 0 atom stereocenters. The molecule has 6 nitrogen and oxygen atoms in total. The molecule has 0 aliphatic carbocycles. The number of H-pyrrole nitrogens is 1. The van der Waals surface area contributed by atoms with Crippen molar-refractivity contribution in [2.75, 3.05) is 6.54 Å². The van der Waals surface area contributed by atoms with Crippen LogP contribution in [0.15, 0.2) is 0 Å². The summed E-state index contributed by atoms with van der Waals surface area (Å²) in [5.41, 5.74) is 5.57. The Morgan fingerprint density at radius 1 is 1.64 bits per heavy atom. The number of rotatable bonds is 3. The van der Waals surface area contributed by atoms with E-state index in [1.165, 1.54) is 0 Å². The van der Waals surface area contributed by atoms with Crippen LogP contribution in [0.4, 0.5) is 0 Å². The van der Waals surface area contributed by atoms with Crippen molar-refractivity contribution in [1.82, 2.24) is 15.4 Å². The summed E-state index contributed by atoms with van der Waals surface area (Å²) in [4.78, 5) is 10.4. The van der Waals surface area contributed by atoms with Gasteiger partial charge in [-0.05, 0) is 6.54 Å². The Morgan fingerprint density at radius 2 is 2.36 bits per heavy atom. The number of nitrogens with zero attached hydrogens (tertiary/aromatic N) is 2. The lowest BCUT2D eigenvalue weighted by molar-refractivity contribution is 0.0689. The largest absolute Gasteiger partial charge is 0.476 e. The zero-order valence-corrected chi connectivity index (χ0v) is 5.74. The van der Waals surface area contributed by atoms with Crippen molar-refractivity contribution in [3.8, 4) is 0 Å². The molecule has 0 aliphatic heterocycles. The first kappa shape index (κ1) is 7.67. The molecule has 0 radical (unpaired) electrons.